The lowest BCUT2D eigenvalue weighted by molar-refractivity contribution is -0.120. The van der Waals surface area contributed by atoms with Crippen molar-refractivity contribution in [2.45, 2.75) is 38.1 Å². The van der Waals surface area contributed by atoms with Crippen LogP contribution >= 0.6 is 23.4 Å². The quantitative estimate of drug-likeness (QED) is 0.438. The maximum Gasteiger partial charge on any atom is 0.247 e. The molecule has 2 aromatic carbocycles. The van der Waals surface area contributed by atoms with Gasteiger partial charge >= 0.3 is 0 Å². The summed E-state index contributed by atoms with van der Waals surface area (Å²) >= 11 is 7.68. The van der Waals surface area contributed by atoms with Crippen molar-refractivity contribution in [3.63, 3.8) is 0 Å². The molecule has 166 valence electrons. The Balaban J connectivity index is 1.92. The number of aromatic nitrogens is 3. The minimum Gasteiger partial charge on any atom is -0.494 e. The van der Waals surface area contributed by atoms with Crippen LogP contribution in [0.3, 0.4) is 0 Å². The Hall–Kier alpha value is -2.84. The monoisotopic (exact) mass is 470 g/mol. The van der Waals surface area contributed by atoms with Crippen LogP contribution in [0.1, 0.15) is 38.5 Å². The van der Waals surface area contributed by atoms with Crippen LogP contribution in [0, 0.1) is 0 Å². The Labute approximate surface area is 196 Å². The number of carbonyl (C=O) groups is 1. The second kappa shape index (κ2) is 9.75. The molecule has 1 amide bonds. The molecule has 0 saturated heterocycles. The molecule has 9 heteroatoms. The molecule has 0 radical (unpaired) electrons. The first-order valence-electron chi connectivity index (χ1n) is 10.4. The maximum absolute atomic E-state index is 13.4. The van der Waals surface area contributed by atoms with E-state index in [1.807, 2.05) is 50.4 Å². The van der Waals surface area contributed by atoms with Crippen molar-refractivity contribution in [2.75, 3.05) is 17.8 Å². The van der Waals surface area contributed by atoms with Crippen molar-refractivity contribution in [1.29, 1.82) is 0 Å². The Morgan fingerprint density at radius 2 is 1.97 bits per heavy atom. The molecule has 4 rings (SSSR count). The second-order valence-corrected chi connectivity index (χ2v) is 8.31. The summed E-state index contributed by atoms with van der Waals surface area (Å²) in [6.45, 7) is 4.47. The van der Waals surface area contributed by atoms with Gasteiger partial charge in [-0.3, -0.25) is 9.69 Å². The summed E-state index contributed by atoms with van der Waals surface area (Å²) in [5, 5.41) is 9.54. The van der Waals surface area contributed by atoms with Crippen molar-refractivity contribution in [3.8, 4) is 22.9 Å². The SMILES string of the molecule is CCCC(=O)N1c2ccc(Cl)cc2-c2nnc(SC)nc2OC1c1ccc(OCC)cc1. The largest absolute Gasteiger partial charge is 0.494 e. The zero-order valence-corrected chi connectivity index (χ0v) is 19.6. The molecule has 1 atom stereocenters. The standard InChI is InChI=1S/C23H23ClN4O3S/c1-4-6-19(29)28-18-12-9-15(24)13-17(18)20-21(25-23(32-3)27-26-20)31-22(28)14-7-10-16(11-8-14)30-5-2/h7-13,22H,4-6H2,1-3H3. The first kappa shape index (κ1) is 22.4. The average molecular weight is 471 g/mol. The smallest absolute Gasteiger partial charge is 0.247 e. The molecule has 0 bridgehead atoms. The lowest BCUT2D eigenvalue weighted by Crippen LogP contribution is -2.37. The van der Waals surface area contributed by atoms with Gasteiger partial charge in [-0.2, -0.15) is 4.98 Å². The van der Waals surface area contributed by atoms with Gasteiger partial charge in [0.1, 0.15) is 5.75 Å². The Morgan fingerprint density at radius 3 is 2.66 bits per heavy atom. The highest BCUT2D eigenvalue weighted by molar-refractivity contribution is 7.98. The summed E-state index contributed by atoms with van der Waals surface area (Å²) in [6.07, 6.45) is 2.20. The molecular weight excluding hydrogens is 448 g/mol. The highest BCUT2D eigenvalue weighted by Crippen LogP contribution is 2.44. The third kappa shape index (κ3) is 4.38. The molecule has 1 aliphatic heterocycles. The Bertz CT molecular complexity index is 1130. The molecule has 0 saturated carbocycles. The summed E-state index contributed by atoms with van der Waals surface area (Å²) in [5.41, 5.74) is 2.54. The van der Waals surface area contributed by atoms with Gasteiger partial charge in [-0.05, 0) is 62.1 Å². The van der Waals surface area contributed by atoms with Crippen LogP contribution in [0.5, 0.6) is 11.6 Å². The van der Waals surface area contributed by atoms with E-state index in [2.05, 4.69) is 15.2 Å². The van der Waals surface area contributed by atoms with Gasteiger partial charge in [0.15, 0.2) is 5.69 Å². The van der Waals surface area contributed by atoms with E-state index in [0.29, 0.717) is 52.5 Å². The topological polar surface area (TPSA) is 77.4 Å². The zero-order chi connectivity index (χ0) is 22.7. The van der Waals surface area contributed by atoms with Gasteiger partial charge in [0.2, 0.25) is 23.2 Å². The molecule has 1 aromatic heterocycles. The third-order valence-electron chi connectivity index (χ3n) is 4.96. The number of amides is 1. The summed E-state index contributed by atoms with van der Waals surface area (Å²) < 4.78 is 12.0. The lowest BCUT2D eigenvalue weighted by atomic mass is 10.1. The fraction of sp³-hybridized carbons (Fsp3) is 0.304. The van der Waals surface area contributed by atoms with E-state index in [-0.39, 0.29) is 5.91 Å². The molecule has 0 N–H and O–H groups in total. The second-order valence-electron chi connectivity index (χ2n) is 7.10. The maximum atomic E-state index is 13.4. The molecule has 0 aliphatic carbocycles. The number of benzene rings is 2. The molecule has 7 nitrogen and oxygen atoms in total. The van der Waals surface area contributed by atoms with Crippen molar-refractivity contribution < 1.29 is 14.3 Å². The van der Waals surface area contributed by atoms with Gasteiger partial charge in [0, 0.05) is 22.6 Å². The third-order valence-corrected chi connectivity index (χ3v) is 5.73. The predicted molar refractivity (Wildman–Crippen MR) is 125 cm³/mol. The zero-order valence-electron chi connectivity index (χ0n) is 18.0. The molecule has 0 fully saturated rings. The van der Waals surface area contributed by atoms with Crippen LogP contribution in [-0.2, 0) is 4.79 Å². The number of hydrogen-bond acceptors (Lipinski definition) is 7. The van der Waals surface area contributed by atoms with E-state index in [1.165, 1.54) is 11.8 Å². The number of carbonyl (C=O) groups excluding carboxylic acids is 1. The summed E-state index contributed by atoms with van der Waals surface area (Å²) in [6, 6.07) is 12.9. The highest BCUT2D eigenvalue weighted by Gasteiger charge is 2.35. The highest BCUT2D eigenvalue weighted by atomic mass is 35.5. The van der Waals surface area contributed by atoms with E-state index >= 15 is 0 Å². The van der Waals surface area contributed by atoms with E-state index in [9.17, 15) is 4.79 Å². The van der Waals surface area contributed by atoms with Crippen LogP contribution < -0.4 is 14.4 Å². The number of thioether (sulfide) groups is 1. The molecule has 0 spiro atoms. The fourth-order valence-corrected chi connectivity index (χ4v) is 4.01. The van der Waals surface area contributed by atoms with Gasteiger partial charge in [0.25, 0.3) is 0 Å². The Morgan fingerprint density at radius 1 is 1.19 bits per heavy atom. The minimum atomic E-state index is -0.739. The summed E-state index contributed by atoms with van der Waals surface area (Å²) in [7, 11) is 0. The van der Waals surface area contributed by atoms with Gasteiger partial charge in [-0.15, -0.1) is 10.2 Å². The fourth-order valence-electron chi connectivity index (χ4n) is 3.54. The lowest BCUT2D eigenvalue weighted by Gasteiger charge is -2.31. The van der Waals surface area contributed by atoms with Gasteiger partial charge in [-0.1, -0.05) is 30.3 Å². The number of rotatable bonds is 6. The van der Waals surface area contributed by atoms with Crippen LogP contribution in [-0.4, -0.2) is 34.0 Å². The van der Waals surface area contributed by atoms with Gasteiger partial charge in [-0.25, -0.2) is 0 Å². The van der Waals surface area contributed by atoms with Crippen molar-refractivity contribution in [2.24, 2.45) is 0 Å². The number of anilines is 1. The minimum absolute atomic E-state index is 0.0687. The Kier molecular flexibility index (Phi) is 6.81. The van der Waals surface area contributed by atoms with E-state index < -0.39 is 6.23 Å². The van der Waals surface area contributed by atoms with E-state index in [1.54, 1.807) is 17.0 Å². The number of hydrogen-bond donors (Lipinski definition) is 0. The van der Waals surface area contributed by atoms with Crippen molar-refractivity contribution in [1.82, 2.24) is 15.2 Å². The molecular formula is C23H23ClN4O3S. The normalized spacial score (nSPS) is 14.8. The first-order valence-corrected chi connectivity index (χ1v) is 12.0. The van der Waals surface area contributed by atoms with Gasteiger partial charge < -0.3 is 9.47 Å². The number of nitrogens with zero attached hydrogens (tertiary/aromatic N) is 4. The van der Waals surface area contributed by atoms with E-state index in [0.717, 1.165) is 11.3 Å². The number of fused-ring (bicyclic) bond motifs is 3. The molecule has 1 unspecified atom stereocenters. The van der Waals surface area contributed by atoms with Crippen LogP contribution in [0.2, 0.25) is 5.02 Å². The van der Waals surface area contributed by atoms with Crippen LogP contribution in [0.25, 0.3) is 11.3 Å². The van der Waals surface area contributed by atoms with Crippen molar-refractivity contribution >= 4 is 35.0 Å². The molecule has 1 aliphatic rings. The summed E-state index contributed by atoms with van der Waals surface area (Å²) in [5.74, 6) is 0.983. The van der Waals surface area contributed by atoms with E-state index in [4.69, 9.17) is 21.1 Å². The molecule has 3 aromatic rings. The number of ether oxygens (including phenoxy) is 2. The first-order chi connectivity index (χ1) is 15.5. The summed E-state index contributed by atoms with van der Waals surface area (Å²) in [4.78, 5) is 19.6. The number of halogens is 1. The average Bonchev–Trinajstić information content (AvgIpc) is 2.94. The van der Waals surface area contributed by atoms with Crippen LogP contribution in [0.4, 0.5) is 5.69 Å². The van der Waals surface area contributed by atoms with Gasteiger partial charge in [0.05, 0.1) is 12.3 Å². The molecule has 2 heterocycles. The molecule has 32 heavy (non-hydrogen) atoms. The van der Waals surface area contributed by atoms with Crippen molar-refractivity contribution in [3.05, 3.63) is 53.1 Å². The van der Waals surface area contributed by atoms with Crippen LogP contribution in [0.15, 0.2) is 47.6 Å². The predicted octanol–water partition coefficient (Wildman–Crippen LogP) is 5.54.